The number of carbonyl (C=O) groups is 1. The highest BCUT2D eigenvalue weighted by Gasteiger charge is 2.27. The van der Waals surface area contributed by atoms with Gasteiger partial charge in [-0.05, 0) is 36.3 Å². The van der Waals surface area contributed by atoms with Crippen LogP contribution in [0.5, 0.6) is 0 Å². The summed E-state index contributed by atoms with van der Waals surface area (Å²) in [7, 11) is 2.02. The van der Waals surface area contributed by atoms with Crippen molar-refractivity contribution < 1.29 is 4.79 Å². The standard InChI is InChI=1S/C21H26N6O/c1-5-26(4)18-13-9-12-17(14-18)22-21(28)19(15(2)3)27-24-20(23-25-27)16-10-7-6-8-11-16/h6-15,19H,5H2,1-4H3,(H,22,28). The van der Waals surface area contributed by atoms with E-state index in [-0.39, 0.29) is 11.8 Å². The van der Waals surface area contributed by atoms with E-state index in [9.17, 15) is 4.79 Å². The fourth-order valence-corrected chi connectivity index (χ4v) is 2.94. The van der Waals surface area contributed by atoms with Gasteiger partial charge in [0.25, 0.3) is 5.91 Å². The van der Waals surface area contributed by atoms with Crippen molar-refractivity contribution in [3.8, 4) is 11.4 Å². The van der Waals surface area contributed by atoms with E-state index in [0.29, 0.717) is 5.82 Å². The summed E-state index contributed by atoms with van der Waals surface area (Å²) in [6, 6.07) is 16.8. The van der Waals surface area contributed by atoms with Gasteiger partial charge in [0.05, 0.1) is 0 Å². The minimum atomic E-state index is -0.558. The van der Waals surface area contributed by atoms with Crippen LogP contribution in [0, 0.1) is 5.92 Å². The number of nitrogens with one attached hydrogen (secondary N) is 1. The van der Waals surface area contributed by atoms with Crippen molar-refractivity contribution in [3.05, 3.63) is 54.6 Å². The Morgan fingerprint density at radius 2 is 1.89 bits per heavy atom. The second-order valence-electron chi connectivity index (χ2n) is 7.04. The van der Waals surface area contributed by atoms with Crippen LogP contribution >= 0.6 is 0 Å². The summed E-state index contributed by atoms with van der Waals surface area (Å²) in [5.74, 6) is 0.341. The van der Waals surface area contributed by atoms with Crippen molar-refractivity contribution in [2.24, 2.45) is 5.92 Å². The van der Waals surface area contributed by atoms with Gasteiger partial charge >= 0.3 is 0 Å². The Balaban J connectivity index is 1.81. The van der Waals surface area contributed by atoms with Gasteiger partial charge in [0.2, 0.25) is 5.82 Å². The molecule has 0 radical (unpaired) electrons. The van der Waals surface area contributed by atoms with Crippen molar-refractivity contribution in [1.82, 2.24) is 20.2 Å². The number of carbonyl (C=O) groups excluding carboxylic acids is 1. The number of nitrogens with zero attached hydrogens (tertiary/aromatic N) is 5. The highest BCUT2D eigenvalue weighted by molar-refractivity contribution is 5.94. The first-order valence-electron chi connectivity index (χ1n) is 9.46. The lowest BCUT2D eigenvalue weighted by atomic mass is 10.0. The van der Waals surface area contributed by atoms with Crippen molar-refractivity contribution in [1.29, 1.82) is 0 Å². The average molecular weight is 378 g/mol. The van der Waals surface area contributed by atoms with E-state index in [2.05, 4.69) is 32.6 Å². The number of hydrogen-bond donors (Lipinski definition) is 1. The lowest BCUT2D eigenvalue weighted by Gasteiger charge is -2.20. The van der Waals surface area contributed by atoms with Crippen LogP contribution in [0.1, 0.15) is 26.8 Å². The van der Waals surface area contributed by atoms with Gasteiger partial charge < -0.3 is 10.2 Å². The molecule has 1 N–H and O–H groups in total. The maximum Gasteiger partial charge on any atom is 0.251 e. The number of aromatic nitrogens is 4. The van der Waals surface area contributed by atoms with E-state index in [1.54, 1.807) is 0 Å². The minimum Gasteiger partial charge on any atom is -0.375 e. The van der Waals surface area contributed by atoms with Crippen molar-refractivity contribution >= 4 is 17.3 Å². The molecule has 0 spiro atoms. The number of tetrazole rings is 1. The van der Waals surface area contributed by atoms with Crippen LogP contribution in [-0.4, -0.2) is 39.7 Å². The van der Waals surface area contributed by atoms with Gasteiger partial charge in [0.15, 0.2) is 6.04 Å². The van der Waals surface area contributed by atoms with Crippen LogP contribution < -0.4 is 10.2 Å². The van der Waals surface area contributed by atoms with Crippen molar-refractivity contribution in [2.45, 2.75) is 26.8 Å². The van der Waals surface area contributed by atoms with Crippen LogP contribution in [0.3, 0.4) is 0 Å². The lowest BCUT2D eigenvalue weighted by Crippen LogP contribution is -2.31. The maximum atomic E-state index is 13.0. The van der Waals surface area contributed by atoms with Crippen LogP contribution in [0.25, 0.3) is 11.4 Å². The molecule has 0 saturated carbocycles. The van der Waals surface area contributed by atoms with Crippen LogP contribution in [0.2, 0.25) is 0 Å². The number of hydrogen-bond acceptors (Lipinski definition) is 5. The molecule has 1 amide bonds. The number of benzene rings is 2. The largest absolute Gasteiger partial charge is 0.375 e. The average Bonchev–Trinajstić information content (AvgIpc) is 3.17. The Morgan fingerprint density at radius 3 is 2.57 bits per heavy atom. The Kier molecular flexibility index (Phi) is 6.03. The molecule has 7 heteroatoms. The monoisotopic (exact) mass is 378 g/mol. The molecule has 28 heavy (non-hydrogen) atoms. The molecule has 1 unspecified atom stereocenters. The third-order valence-corrected chi connectivity index (χ3v) is 4.64. The molecule has 1 aromatic heterocycles. The SMILES string of the molecule is CCN(C)c1cccc(NC(=O)C(C(C)C)n2nnc(-c3ccccc3)n2)c1. The van der Waals surface area contributed by atoms with E-state index in [4.69, 9.17) is 0 Å². The summed E-state index contributed by atoms with van der Waals surface area (Å²) >= 11 is 0. The Hall–Kier alpha value is -3.22. The maximum absolute atomic E-state index is 13.0. The first-order valence-corrected chi connectivity index (χ1v) is 9.46. The molecule has 0 fully saturated rings. The highest BCUT2D eigenvalue weighted by atomic mass is 16.2. The summed E-state index contributed by atoms with van der Waals surface area (Å²) in [6.45, 7) is 6.91. The Morgan fingerprint density at radius 1 is 1.14 bits per heavy atom. The minimum absolute atomic E-state index is 0.000628. The highest BCUT2D eigenvalue weighted by Crippen LogP contribution is 2.23. The van der Waals surface area contributed by atoms with Gasteiger partial charge in [0.1, 0.15) is 0 Å². The van der Waals surface area contributed by atoms with Crippen molar-refractivity contribution in [3.63, 3.8) is 0 Å². The number of anilines is 2. The summed E-state index contributed by atoms with van der Waals surface area (Å²) < 4.78 is 0. The Labute approximate surface area is 165 Å². The first kappa shape index (κ1) is 19.5. The fourth-order valence-electron chi connectivity index (χ4n) is 2.94. The second-order valence-corrected chi connectivity index (χ2v) is 7.04. The summed E-state index contributed by atoms with van der Waals surface area (Å²) in [5, 5.41) is 15.7. The molecule has 146 valence electrons. The summed E-state index contributed by atoms with van der Waals surface area (Å²) in [5.41, 5.74) is 2.66. The molecular weight excluding hydrogens is 352 g/mol. The van der Waals surface area contributed by atoms with Gasteiger partial charge in [0, 0.05) is 30.5 Å². The molecule has 3 aromatic rings. The third kappa shape index (κ3) is 4.36. The van der Waals surface area contributed by atoms with Gasteiger partial charge in [-0.15, -0.1) is 10.2 Å². The molecule has 0 aliphatic carbocycles. The zero-order chi connectivity index (χ0) is 20.1. The molecule has 0 aliphatic rings. The van der Waals surface area contributed by atoms with Crippen LogP contribution in [0.4, 0.5) is 11.4 Å². The lowest BCUT2D eigenvalue weighted by molar-refractivity contribution is -0.121. The Bertz CT molecular complexity index is 921. The predicted octanol–water partition coefficient (Wildman–Crippen LogP) is 3.63. The quantitative estimate of drug-likeness (QED) is 0.679. The molecular formula is C21H26N6O. The van der Waals surface area contributed by atoms with Crippen LogP contribution in [-0.2, 0) is 4.79 Å². The van der Waals surface area contributed by atoms with Gasteiger partial charge in [-0.2, -0.15) is 4.80 Å². The topological polar surface area (TPSA) is 75.9 Å². The fraction of sp³-hybridized carbons (Fsp3) is 0.333. The molecule has 1 heterocycles. The van der Waals surface area contributed by atoms with Gasteiger partial charge in [-0.1, -0.05) is 50.2 Å². The normalized spacial score (nSPS) is 12.0. The molecule has 1 atom stereocenters. The number of rotatable bonds is 7. The van der Waals surface area contributed by atoms with E-state index < -0.39 is 6.04 Å². The second kappa shape index (κ2) is 8.65. The molecule has 0 aliphatic heterocycles. The molecule has 7 nitrogen and oxygen atoms in total. The van der Waals surface area contributed by atoms with Gasteiger partial charge in [-0.25, -0.2) is 0 Å². The van der Waals surface area contributed by atoms with E-state index >= 15 is 0 Å². The zero-order valence-electron chi connectivity index (χ0n) is 16.7. The third-order valence-electron chi connectivity index (χ3n) is 4.64. The predicted molar refractivity (Wildman–Crippen MR) is 111 cm³/mol. The summed E-state index contributed by atoms with van der Waals surface area (Å²) in [6.07, 6.45) is 0. The number of amides is 1. The summed E-state index contributed by atoms with van der Waals surface area (Å²) in [4.78, 5) is 16.5. The molecule has 3 rings (SSSR count). The van der Waals surface area contributed by atoms with E-state index in [1.165, 1.54) is 4.80 Å². The van der Waals surface area contributed by atoms with Gasteiger partial charge in [-0.3, -0.25) is 4.79 Å². The van der Waals surface area contributed by atoms with E-state index in [0.717, 1.165) is 23.5 Å². The molecule has 0 bridgehead atoms. The zero-order valence-corrected chi connectivity index (χ0v) is 16.7. The first-order chi connectivity index (χ1) is 13.5. The van der Waals surface area contributed by atoms with Crippen LogP contribution in [0.15, 0.2) is 54.6 Å². The van der Waals surface area contributed by atoms with Crippen molar-refractivity contribution in [2.75, 3.05) is 23.8 Å². The van der Waals surface area contributed by atoms with E-state index in [1.807, 2.05) is 75.5 Å². The smallest absolute Gasteiger partial charge is 0.251 e. The molecule has 0 saturated heterocycles. The molecule has 2 aromatic carbocycles.